The molecule has 4 nitrogen and oxygen atoms in total. The van der Waals surface area contributed by atoms with Crippen LogP contribution in [0.5, 0.6) is 5.75 Å². The number of hydrogen-bond donors (Lipinski definition) is 0. The number of ether oxygens (including phenoxy) is 1. The molecule has 0 aliphatic heterocycles. The Morgan fingerprint density at radius 2 is 1.88 bits per heavy atom. The van der Waals surface area contributed by atoms with Crippen LogP contribution in [0, 0.1) is 11.8 Å². The molecule has 0 radical (unpaired) electrons. The Hall–Kier alpha value is -2.75. The molecule has 1 heterocycles. The molecule has 0 bridgehead atoms. The summed E-state index contributed by atoms with van der Waals surface area (Å²) < 4.78 is 10.0. The van der Waals surface area contributed by atoms with Gasteiger partial charge in [-0.2, -0.15) is 0 Å². The maximum atomic E-state index is 12.9. The van der Waals surface area contributed by atoms with E-state index < -0.39 is 0 Å². The Labute approximate surface area is 189 Å². The zero-order valence-corrected chi connectivity index (χ0v) is 19.3. The van der Waals surface area contributed by atoms with Crippen molar-refractivity contribution in [2.45, 2.75) is 57.0 Å². The van der Waals surface area contributed by atoms with Crippen molar-refractivity contribution >= 4 is 0 Å². The molecule has 0 amide bonds. The van der Waals surface area contributed by atoms with Crippen molar-refractivity contribution < 1.29 is 4.74 Å². The number of nitrogens with zero attached hydrogens (tertiary/aromatic N) is 2. The van der Waals surface area contributed by atoms with Gasteiger partial charge in [-0.3, -0.25) is 14.2 Å². The van der Waals surface area contributed by atoms with Gasteiger partial charge in [-0.1, -0.05) is 43.3 Å². The third-order valence-corrected chi connectivity index (χ3v) is 8.91. The quantitative estimate of drug-likeness (QED) is 0.597. The van der Waals surface area contributed by atoms with Crippen LogP contribution >= 0.6 is 0 Å². The Balaban J connectivity index is 1.26. The van der Waals surface area contributed by atoms with Crippen molar-refractivity contribution in [3.05, 3.63) is 86.8 Å². The lowest BCUT2D eigenvalue weighted by molar-refractivity contribution is 0.0992. The topological polar surface area (TPSA) is 36.2 Å². The molecule has 2 aromatic carbocycles. The Kier molecular flexibility index (Phi) is 4.43. The van der Waals surface area contributed by atoms with Crippen LogP contribution in [-0.4, -0.2) is 9.36 Å². The predicted molar refractivity (Wildman–Crippen MR) is 126 cm³/mol. The molecule has 4 atom stereocenters. The molecule has 4 heteroatoms. The van der Waals surface area contributed by atoms with Gasteiger partial charge >= 0.3 is 0 Å². The molecule has 1 fully saturated rings. The fraction of sp³-hybridized carbons (Fsp3) is 0.464. The summed E-state index contributed by atoms with van der Waals surface area (Å²) in [6.07, 6.45) is 5.65. The highest BCUT2D eigenvalue weighted by Gasteiger charge is 2.55. The molecule has 32 heavy (non-hydrogen) atoms. The SMILES string of the molecule is Cn1c2c(c(=O)n1C)CC1C3CCc4cc(OCc5ccccc5)ccc4C3CC[C@]21C. The first kappa shape index (κ1) is 19.9. The second-order valence-electron chi connectivity index (χ2n) is 10.4. The highest BCUT2D eigenvalue weighted by atomic mass is 16.5. The average molecular weight is 429 g/mol. The van der Waals surface area contributed by atoms with Gasteiger partial charge in [0.05, 0.1) is 0 Å². The Morgan fingerprint density at radius 3 is 2.69 bits per heavy atom. The number of aryl methyl sites for hydroxylation is 1. The van der Waals surface area contributed by atoms with Crippen molar-refractivity contribution in [1.82, 2.24) is 9.36 Å². The molecule has 1 saturated carbocycles. The van der Waals surface area contributed by atoms with Crippen LogP contribution in [0.25, 0.3) is 0 Å². The first-order valence-electron chi connectivity index (χ1n) is 12.0. The zero-order valence-electron chi connectivity index (χ0n) is 19.3. The largest absolute Gasteiger partial charge is 0.489 e. The second-order valence-corrected chi connectivity index (χ2v) is 10.4. The smallest absolute Gasteiger partial charge is 0.269 e. The monoisotopic (exact) mass is 428 g/mol. The van der Waals surface area contributed by atoms with Gasteiger partial charge in [0.15, 0.2) is 0 Å². The van der Waals surface area contributed by atoms with E-state index in [1.165, 1.54) is 35.2 Å². The normalized spacial score (nSPS) is 27.9. The molecule has 3 aliphatic carbocycles. The van der Waals surface area contributed by atoms with Crippen molar-refractivity contribution in [3.63, 3.8) is 0 Å². The van der Waals surface area contributed by atoms with Crippen LogP contribution in [0.4, 0.5) is 0 Å². The first-order valence-corrected chi connectivity index (χ1v) is 12.0. The Morgan fingerprint density at radius 1 is 1.06 bits per heavy atom. The standard InChI is InChI=1S/C28H32N2O2/c1-28-14-13-22-21-12-10-20(32-17-18-7-5-4-6-8-18)15-19(21)9-11-23(22)25(28)16-24-26(28)29(2)30(3)27(24)31/h4-8,10,12,15,22-23,25H,9,11,13-14,16-17H2,1-3H3/t22?,23?,25?,28-/m0/s1. The molecular weight excluding hydrogens is 396 g/mol. The summed E-state index contributed by atoms with van der Waals surface area (Å²) in [7, 11) is 3.96. The van der Waals surface area contributed by atoms with Gasteiger partial charge in [0.2, 0.25) is 0 Å². The third kappa shape index (κ3) is 2.78. The van der Waals surface area contributed by atoms with E-state index in [1.54, 1.807) is 4.68 Å². The minimum absolute atomic E-state index is 0.127. The van der Waals surface area contributed by atoms with E-state index in [0.29, 0.717) is 24.4 Å². The molecule has 166 valence electrons. The van der Waals surface area contributed by atoms with Crippen LogP contribution in [0.2, 0.25) is 0 Å². The molecular formula is C28H32N2O2. The summed E-state index contributed by atoms with van der Waals surface area (Å²) in [6.45, 7) is 3.04. The van der Waals surface area contributed by atoms with Crippen LogP contribution < -0.4 is 10.3 Å². The van der Waals surface area contributed by atoms with Gasteiger partial charge in [0, 0.05) is 30.8 Å². The van der Waals surface area contributed by atoms with E-state index >= 15 is 0 Å². The highest BCUT2D eigenvalue weighted by Crippen LogP contribution is 2.59. The number of hydrogen-bond acceptors (Lipinski definition) is 2. The fourth-order valence-electron chi connectivity index (χ4n) is 7.28. The minimum Gasteiger partial charge on any atom is -0.489 e. The summed E-state index contributed by atoms with van der Waals surface area (Å²) in [6, 6.07) is 17.1. The van der Waals surface area contributed by atoms with E-state index in [0.717, 1.165) is 30.6 Å². The molecule has 0 saturated heterocycles. The lowest BCUT2D eigenvalue weighted by Gasteiger charge is -2.49. The number of fused-ring (bicyclic) bond motifs is 7. The summed E-state index contributed by atoms with van der Waals surface area (Å²) in [5, 5.41) is 0. The maximum absolute atomic E-state index is 12.9. The van der Waals surface area contributed by atoms with Crippen molar-refractivity contribution in [2.24, 2.45) is 25.9 Å². The van der Waals surface area contributed by atoms with E-state index in [1.807, 2.05) is 13.1 Å². The van der Waals surface area contributed by atoms with Crippen LogP contribution in [0.15, 0.2) is 53.3 Å². The maximum Gasteiger partial charge on any atom is 0.269 e. The van der Waals surface area contributed by atoms with Gasteiger partial charge in [0.1, 0.15) is 12.4 Å². The summed E-state index contributed by atoms with van der Waals surface area (Å²) in [5.74, 6) is 2.82. The number of aromatic nitrogens is 2. The summed E-state index contributed by atoms with van der Waals surface area (Å²) in [4.78, 5) is 12.9. The molecule has 3 aromatic rings. The van der Waals surface area contributed by atoms with Crippen LogP contribution in [0.1, 0.15) is 60.1 Å². The van der Waals surface area contributed by atoms with Crippen molar-refractivity contribution in [3.8, 4) is 5.75 Å². The number of benzene rings is 2. The average Bonchev–Trinajstić information content (AvgIpc) is 3.25. The minimum atomic E-state index is 0.127. The van der Waals surface area contributed by atoms with Gasteiger partial charge in [0.25, 0.3) is 5.56 Å². The van der Waals surface area contributed by atoms with Crippen molar-refractivity contribution in [2.75, 3.05) is 0 Å². The molecule has 0 N–H and O–H groups in total. The molecule has 1 aromatic heterocycles. The van der Waals surface area contributed by atoms with Crippen molar-refractivity contribution in [1.29, 1.82) is 0 Å². The lowest BCUT2D eigenvalue weighted by atomic mass is 9.55. The fourth-order valence-corrected chi connectivity index (χ4v) is 7.28. The Bertz CT molecular complexity index is 1240. The van der Waals surface area contributed by atoms with E-state index in [2.05, 4.69) is 61.1 Å². The number of rotatable bonds is 3. The van der Waals surface area contributed by atoms with E-state index in [-0.39, 0.29) is 11.0 Å². The lowest BCUT2D eigenvalue weighted by Crippen LogP contribution is -2.44. The van der Waals surface area contributed by atoms with Crippen LogP contribution in [0.3, 0.4) is 0 Å². The summed E-state index contributed by atoms with van der Waals surface area (Å²) >= 11 is 0. The molecule has 3 unspecified atom stereocenters. The van der Waals surface area contributed by atoms with Crippen LogP contribution in [-0.2, 0) is 39.0 Å². The highest BCUT2D eigenvalue weighted by molar-refractivity contribution is 5.43. The van der Waals surface area contributed by atoms with E-state index in [9.17, 15) is 4.79 Å². The van der Waals surface area contributed by atoms with Gasteiger partial charge in [-0.05, 0) is 78.7 Å². The second kappa shape index (κ2) is 7.13. The zero-order chi connectivity index (χ0) is 22.0. The van der Waals surface area contributed by atoms with Gasteiger partial charge in [-0.15, -0.1) is 0 Å². The summed E-state index contributed by atoms with van der Waals surface area (Å²) in [5.41, 5.74) is 6.92. The first-order chi connectivity index (χ1) is 15.5. The van der Waals surface area contributed by atoms with Gasteiger partial charge in [-0.25, -0.2) is 0 Å². The molecule has 3 aliphatic rings. The third-order valence-electron chi connectivity index (χ3n) is 8.91. The molecule has 0 spiro atoms. The van der Waals surface area contributed by atoms with Gasteiger partial charge < -0.3 is 4.74 Å². The van der Waals surface area contributed by atoms with E-state index in [4.69, 9.17) is 4.74 Å². The predicted octanol–water partition coefficient (Wildman–Crippen LogP) is 4.87. The molecule has 6 rings (SSSR count).